The zero-order valence-electron chi connectivity index (χ0n) is 14.0. The summed E-state index contributed by atoms with van der Waals surface area (Å²) in [5.41, 5.74) is 4.52. The van der Waals surface area contributed by atoms with E-state index in [-0.39, 0.29) is 5.56 Å². The average molecular weight is 344 g/mol. The Morgan fingerprint density at radius 1 is 1.15 bits per heavy atom. The highest BCUT2D eigenvalue weighted by atomic mass is 16.4. The van der Waals surface area contributed by atoms with Crippen LogP contribution in [0.2, 0.25) is 0 Å². The Morgan fingerprint density at radius 2 is 1.96 bits per heavy atom. The Balaban J connectivity index is 1.85. The number of nitrogens with zero attached hydrogens (tertiary/aromatic N) is 3. The summed E-state index contributed by atoms with van der Waals surface area (Å²) in [6.45, 7) is 2.04. The second-order valence-electron chi connectivity index (χ2n) is 5.99. The summed E-state index contributed by atoms with van der Waals surface area (Å²) >= 11 is 0. The second-order valence-corrected chi connectivity index (χ2v) is 5.99. The maximum Gasteiger partial charge on any atom is 0.335 e. The van der Waals surface area contributed by atoms with Crippen LogP contribution < -0.4 is 5.32 Å². The van der Waals surface area contributed by atoms with Gasteiger partial charge in [-0.25, -0.2) is 9.78 Å². The van der Waals surface area contributed by atoms with Crippen molar-refractivity contribution < 1.29 is 9.90 Å². The molecule has 0 saturated heterocycles. The molecule has 0 fully saturated rings. The molecule has 26 heavy (non-hydrogen) atoms. The molecule has 4 aromatic rings. The molecular formula is C20H16N4O2. The van der Waals surface area contributed by atoms with Crippen LogP contribution in [0.1, 0.15) is 15.9 Å². The van der Waals surface area contributed by atoms with Crippen LogP contribution in [-0.4, -0.2) is 25.4 Å². The number of hydrogen-bond donors (Lipinski definition) is 2. The van der Waals surface area contributed by atoms with Gasteiger partial charge in [-0.15, -0.1) is 0 Å². The lowest BCUT2D eigenvalue weighted by Crippen LogP contribution is -2.00. The van der Waals surface area contributed by atoms with Crippen molar-refractivity contribution in [3.63, 3.8) is 0 Å². The third-order valence-electron chi connectivity index (χ3n) is 4.13. The average Bonchev–Trinajstić information content (AvgIpc) is 3.01. The molecule has 128 valence electrons. The van der Waals surface area contributed by atoms with Gasteiger partial charge in [0.2, 0.25) is 0 Å². The Bertz CT molecular complexity index is 1100. The third-order valence-corrected chi connectivity index (χ3v) is 4.13. The molecule has 0 aliphatic rings. The largest absolute Gasteiger partial charge is 0.478 e. The Morgan fingerprint density at radius 3 is 2.73 bits per heavy atom. The molecule has 6 heteroatoms. The molecule has 2 heterocycles. The third kappa shape index (κ3) is 2.88. The summed E-state index contributed by atoms with van der Waals surface area (Å²) in [7, 11) is 0. The number of imidazole rings is 1. The fourth-order valence-electron chi connectivity index (χ4n) is 2.81. The lowest BCUT2D eigenvalue weighted by Gasteiger charge is -2.09. The van der Waals surface area contributed by atoms with Gasteiger partial charge in [-0.1, -0.05) is 35.9 Å². The van der Waals surface area contributed by atoms with Gasteiger partial charge < -0.3 is 10.4 Å². The summed E-state index contributed by atoms with van der Waals surface area (Å²) in [5.74, 6) is -0.205. The van der Waals surface area contributed by atoms with Crippen molar-refractivity contribution in [3.05, 3.63) is 78.2 Å². The molecule has 0 radical (unpaired) electrons. The number of nitrogens with one attached hydrogen (secondary N) is 1. The summed E-state index contributed by atoms with van der Waals surface area (Å²) in [6.07, 6.45) is 5.20. The lowest BCUT2D eigenvalue weighted by atomic mass is 10.1. The number of carboxylic acids is 1. The van der Waals surface area contributed by atoms with Crippen LogP contribution in [-0.2, 0) is 0 Å². The molecule has 0 aliphatic heterocycles. The minimum atomic E-state index is -0.963. The number of hydrogen-bond acceptors (Lipinski definition) is 4. The van der Waals surface area contributed by atoms with Crippen molar-refractivity contribution in [1.82, 2.24) is 14.4 Å². The standard InChI is InChI=1S/C20H16N4O2/c1-13-5-7-14(8-6-13)18-19(24-10-9-21-12-17(24)23-18)22-16-4-2-3-15(11-16)20(25)26/h2-12,22H,1H3,(H,25,26). The van der Waals surface area contributed by atoms with Crippen molar-refractivity contribution in [2.45, 2.75) is 6.92 Å². The molecule has 0 saturated carbocycles. The van der Waals surface area contributed by atoms with Gasteiger partial charge in [-0.3, -0.25) is 9.38 Å². The van der Waals surface area contributed by atoms with E-state index in [1.165, 1.54) is 5.56 Å². The first-order chi connectivity index (χ1) is 12.6. The molecule has 0 amide bonds. The zero-order valence-corrected chi connectivity index (χ0v) is 14.0. The molecule has 0 bridgehead atoms. The number of aryl methyl sites for hydroxylation is 1. The molecule has 0 atom stereocenters. The number of aromatic carboxylic acids is 1. The van der Waals surface area contributed by atoms with E-state index in [1.54, 1.807) is 30.6 Å². The number of benzene rings is 2. The van der Waals surface area contributed by atoms with Crippen molar-refractivity contribution in [1.29, 1.82) is 0 Å². The number of anilines is 2. The highest BCUT2D eigenvalue weighted by molar-refractivity contribution is 5.89. The van der Waals surface area contributed by atoms with E-state index in [0.717, 1.165) is 17.1 Å². The van der Waals surface area contributed by atoms with E-state index in [2.05, 4.69) is 15.3 Å². The smallest absolute Gasteiger partial charge is 0.335 e. The Hall–Kier alpha value is -3.67. The number of carbonyl (C=O) groups is 1. The Labute approximate surface area is 149 Å². The van der Waals surface area contributed by atoms with Gasteiger partial charge in [0.25, 0.3) is 0 Å². The quantitative estimate of drug-likeness (QED) is 0.581. The molecular weight excluding hydrogens is 328 g/mol. The highest BCUT2D eigenvalue weighted by Crippen LogP contribution is 2.31. The first-order valence-electron chi connectivity index (χ1n) is 8.11. The van der Waals surface area contributed by atoms with Crippen molar-refractivity contribution in [3.8, 4) is 11.3 Å². The highest BCUT2D eigenvalue weighted by Gasteiger charge is 2.15. The topological polar surface area (TPSA) is 79.5 Å². The van der Waals surface area contributed by atoms with Crippen LogP contribution in [0.3, 0.4) is 0 Å². The van der Waals surface area contributed by atoms with Crippen LogP contribution in [0, 0.1) is 6.92 Å². The Kier molecular flexibility index (Phi) is 3.85. The van der Waals surface area contributed by atoms with E-state index < -0.39 is 5.97 Å². The zero-order chi connectivity index (χ0) is 18.1. The van der Waals surface area contributed by atoms with Gasteiger partial charge in [0.15, 0.2) is 5.65 Å². The van der Waals surface area contributed by atoms with Crippen LogP contribution in [0.5, 0.6) is 0 Å². The molecule has 2 N–H and O–H groups in total. The van der Waals surface area contributed by atoms with E-state index in [0.29, 0.717) is 11.3 Å². The summed E-state index contributed by atoms with van der Waals surface area (Å²) in [6, 6.07) is 14.8. The summed E-state index contributed by atoms with van der Waals surface area (Å²) in [5, 5.41) is 12.5. The van der Waals surface area contributed by atoms with Crippen LogP contribution in [0.4, 0.5) is 11.5 Å². The predicted octanol–water partition coefficient (Wildman–Crippen LogP) is 4.15. The fourth-order valence-corrected chi connectivity index (χ4v) is 2.81. The van der Waals surface area contributed by atoms with Gasteiger partial charge in [0.05, 0.1) is 11.8 Å². The molecule has 2 aromatic carbocycles. The van der Waals surface area contributed by atoms with Crippen molar-refractivity contribution >= 4 is 23.1 Å². The lowest BCUT2D eigenvalue weighted by molar-refractivity contribution is 0.0697. The molecule has 4 rings (SSSR count). The van der Waals surface area contributed by atoms with Gasteiger partial charge >= 0.3 is 5.97 Å². The van der Waals surface area contributed by atoms with Gasteiger partial charge in [0.1, 0.15) is 11.5 Å². The van der Waals surface area contributed by atoms with E-state index in [9.17, 15) is 9.90 Å². The molecule has 6 nitrogen and oxygen atoms in total. The SMILES string of the molecule is Cc1ccc(-c2nc3cnccn3c2Nc2cccc(C(=O)O)c2)cc1. The van der Waals surface area contributed by atoms with Gasteiger partial charge in [0, 0.05) is 23.6 Å². The first kappa shape index (κ1) is 15.8. The van der Waals surface area contributed by atoms with Gasteiger partial charge in [-0.05, 0) is 25.1 Å². The normalized spacial score (nSPS) is 10.8. The van der Waals surface area contributed by atoms with E-state index in [4.69, 9.17) is 0 Å². The van der Waals surface area contributed by atoms with E-state index in [1.807, 2.05) is 47.9 Å². The van der Waals surface area contributed by atoms with Crippen molar-refractivity contribution in [2.75, 3.05) is 5.32 Å². The minimum Gasteiger partial charge on any atom is -0.478 e. The molecule has 0 unspecified atom stereocenters. The van der Waals surface area contributed by atoms with Crippen LogP contribution in [0.25, 0.3) is 16.9 Å². The van der Waals surface area contributed by atoms with Crippen LogP contribution >= 0.6 is 0 Å². The molecule has 0 aliphatic carbocycles. The second kappa shape index (κ2) is 6.33. The van der Waals surface area contributed by atoms with E-state index >= 15 is 0 Å². The number of rotatable bonds is 4. The summed E-state index contributed by atoms with van der Waals surface area (Å²) < 4.78 is 1.90. The monoisotopic (exact) mass is 344 g/mol. The number of fused-ring (bicyclic) bond motifs is 1. The molecule has 0 spiro atoms. The number of carboxylic acid groups (broad SMARTS) is 1. The van der Waals surface area contributed by atoms with Gasteiger partial charge in [-0.2, -0.15) is 0 Å². The minimum absolute atomic E-state index is 0.224. The maximum absolute atomic E-state index is 11.2. The number of aromatic nitrogens is 3. The first-order valence-corrected chi connectivity index (χ1v) is 8.11. The van der Waals surface area contributed by atoms with Crippen molar-refractivity contribution in [2.24, 2.45) is 0 Å². The summed E-state index contributed by atoms with van der Waals surface area (Å²) in [4.78, 5) is 20.1. The molecule has 2 aromatic heterocycles. The van der Waals surface area contributed by atoms with Crippen LogP contribution in [0.15, 0.2) is 67.1 Å². The predicted molar refractivity (Wildman–Crippen MR) is 99.8 cm³/mol. The fraction of sp³-hybridized carbons (Fsp3) is 0.0500. The maximum atomic E-state index is 11.2.